The molecule has 2 nitrogen and oxygen atoms in total. The smallest absolute Gasteiger partial charge is 0.0299 e. The largest absolute Gasteiger partial charge is 0.312 e. The average molecular weight is 309 g/mol. The van der Waals surface area contributed by atoms with E-state index < -0.39 is 0 Å². The molecule has 0 amide bonds. The molecule has 1 heterocycles. The molecule has 21 heavy (non-hydrogen) atoms. The third-order valence-corrected chi connectivity index (χ3v) is 5.94. The van der Waals surface area contributed by atoms with Gasteiger partial charge >= 0.3 is 0 Å². The highest BCUT2D eigenvalue weighted by Crippen LogP contribution is 2.30. The first-order valence-corrected chi connectivity index (χ1v) is 9.42. The second-order valence-electron chi connectivity index (χ2n) is 6.72. The molecule has 0 radical (unpaired) electrons. The van der Waals surface area contributed by atoms with E-state index in [4.69, 9.17) is 0 Å². The van der Waals surface area contributed by atoms with E-state index in [1.165, 1.54) is 47.4 Å². The van der Waals surface area contributed by atoms with Crippen molar-refractivity contribution in [2.75, 3.05) is 13.6 Å². The van der Waals surface area contributed by atoms with Crippen LogP contribution in [0.15, 0.2) is 6.07 Å². The standard InChI is InChI=1S/C18H32N2S/c1-5-10-19-12-17-11-16(15(3)21-17)13-20(4)18-9-7-6-8-14(18)2/h11,14,18-19H,5-10,12-13H2,1-4H3. The minimum absolute atomic E-state index is 0.778. The molecule has 0 aliphatic heterocycles. The molecule has 2 atom stereocenters. The van der Waals surface area contributed by atoms with Crippen LogP contribution in [0.3, 0.4) is 0 Å². The van der Waals surface area contributed by atoms with Crippen LogP contribution in [0.25, 0.3) is 0 Å². The highest BCUT2D eigenvalue weighted by atomic mass is 32.1. The van der Waals surface area contributed by atoms with E-state index in [2.05, 4.69) is 44.1 Å². The summed E-state index contributed by atoms with van der Waals surface area (Å²) < 4.78 is 0. The lowest BCUT2D eigenvalue weighted by Crippen LogP contribution is -2.38. The molecule has 2 rings (SSSR count). The van der Waals surface area contributed by atoms with Crippen LogP contribution in [-0.2, 0) is 13.1 Å². The van der Waals surface area contributed by atoms with E-state index in [1.807, 2.05) is 11.3 Å². The lowest BCUT2D eigenvalue weighted by atomic mass is 9.85. The molecule has 0 saturated heterocycles. The Hall–Kier alpha value is -0.380. The topological polar surface area (TPSA) is 15.3 Å². The lowest BCUT2D eigenvalue weighted by molar-refractivity contribution is 0.133. The Balaban J connectivity index is 1.92. The van der Waals surface area contributed by atoms with Crippen LogP contribution in [0, 0.1) is 12.8 Å². The van der Waals surface area contributed by atoms with Gasteiger partial charge in [-0.2, -0.15) is 0 Å². The van der Waals surface area contributed by atoms with Crippen LogP contribution in [0.1, 0.15) is 61.3 Å². The highest BCUT2D eigenvalue weighted by molar-refractivity contribution is 7.12. The zero-order chi connectivity index (χ0) is 15.2. The Kier molecular flexibility index (Phi) is 6.72. The summed E-state index contributed by atoms with van der Waals surface area (Å²) in [5.41, 5.74) is 1.54. The summed E-state index contributed by atoms with van der Waals surface area (Å²) in [6.45, 7) is 10.2. The maximum absolute atomic E-state index is 3.51. The summed E-state index contributed by atoms with van der Waals surface area (Å²) >= 11 is 1.97. The van der Waals surface area contributed by atoms with Crippen molar-refractivity contribution in [1.29, 1.82) is 0 Å². The van der Waals surface area contributed by atoms with Gasteiger partial charge in [0.05, 0.1) is 0 Å². The zero-order valence-corrected chi connectivity index (χ0v) is 15.1. The van der Waals surface area contributed by atoms with Gasteiger partial charge in [0.2, 0.25) is 0 Å². The number of nitrogens with one attached hydrogen (secondary N) is 1. The fourth-order valence-electron chi connectivity index (χ4n) is 3.56. The SMILES string of the molecule is CCCNCc1cc(CN(C)C2CCCCC2C)c(C)s1. The van der Waals surface area contributed by atoms with E-state index in [-0.39, 0.29) is 0 Å². The van der Waals surface area contributed by atoms with Crippen molar-refractivity contribution in [3.05, 3.63) is 21.4 Å². The van der Waals surface area contributed by atoms with Gasteiger partial charge in [0.1, 0.15) is 0 Å². The van der Waals surface area contributed by atoms with E-state index in [0.29, 0.717) is 0 Å². The van der Waals surface area contributed by atoms with Gasteiger partial charge in [0.25, 0.3) is 0 Å². The Morgan fingerprint density at radius 3 is 2.81 bits per heavy atom. The van der Waals surface area contributed by atoms with E-state index in [9.17, 15) is 0 Å². The summed E-state index contributed by atoms with van der Waals surface area (Å²) in [7, 11) is 2.32. The number of hydrogen-bond donors (Lipinski definition) is 1. The number of hydrogen-bond acceptors (Lipinski definition) is 3. The van der Waals surface area contributed by atoms with E-state index in [0.717, 1.165) is 31.6 Å². The second kappa shape index (κ2) is 8.30. The maximum Gasteiger partial charge on any atom is 0.0299 e. The molecule has 1 aliphatic rings. The van der Waals surface area contributed by atoms with Crippen LogP contribution in [0.2, 0.25) is 0 Å². The van der Waals surface area contributed by atoms with Crippen LogP contribution < -0.4 is 5.32 Å². The molecular formula is C18H32N2S. The lowest BCUT2D eigenvalue weighted by Gasteiger charge is -2.36. The van der Waals surface area contributed by atoms with Gasteiger partial charge in [-0.3, -0.25) is 4.90 Å². The first kappa shape index (κ1) is 17.0. The van der Waals surface area contributed by atoms with Crippen LogP contribution in [0.5, 0.6) is 0 Å². The highest BCUT2D eigenvalue weighted by Gasteiger charge is 2.25. The molecule has 1 fully saturated rings. The fraction of sp³-hybridized carbons (Fsp3) is 0.778. The summed E-state index contributed by atoms with van der Waals surface area (Å²) in [6, 6.07) is 3.20. The van der Waals surface area contributed by atoms with Crippen molar-refractivity contribution in [2.24, 2.45) is 5.92 Å². The molecule has 0 spiro atoms. The number of nitrogens with zero attached hydrogens (tertiary/aromatic N) is 1. The monoisotopic (exact) mass is 308 g/mol. The molecule has 3 heteroatoms. The van der Waals surface area contributed by atoms with Gasteiger partial charge in [-0.05, 0) is 57.3 Å². The Labute approximate surface area is 134 Å². The first-order valence-electron chi connectivity index (χ1n) is 8.61. The zero-order valence-electron chi connectivity index (χ0n) is 14.2. The molecule has 1 aromatic rings. The van der Waals surface area contributed by atoms with Crippen molar-refractivity contribution in [1.82, 2.24) is 10.2 Å². The summed E-state index contributed by atoms with van der Waals surface area (Å²) in [6.07, 6.45) is 6.83. The number of aryl methyl sites for hydroxylation is 1. The minimum atomic E-state index is 0.778. The van der Waals surface area contributed by atoms with Gasteiger partial charge in [-0.1, -0.05) is 26.7 Å². The predicted molar refractivity (Wildman–Crippen MR) is 93.9 cm³/mol. The molecule has 1 aromatic heterocycles. The van der Waals surface area contributed by atoms with E-state index in [1.54, 1.807) is 0 Å². The van der Waals surface area contributed by atoms with Crippen LogP contribution in [-0.4, -0.2) is 24.5 Å². The van der Waals surface area contributed by atoms with Crippen molar-refractivity contribution < 1.29 is 0 Å². The predicted octanol–water partition coefficient (Wildman–Crippen LogP) is 4.57. The number of rotatable bonds is 7. The maximum atomic E-state index is 3.51. The molecular weight excluding hydrogens is 276 g/mol. The molecule has 2 unspecified atom stereocenters. The molecule has 0 bridgehead atoms. The Morgan fingerprint density at radius 1 is 1.33 bits per heavy atom. The van der Waals surface area contributed by atoms with Gasteiger partial charge in [-0.25, -0.2) is 0 Å². The number of thiophene rings is 1. The van der Waals surface area contributed by atoms with Gasteiger partial charge in [-0.15, -0.1) is 11.3 Å². The Morgan fingerprint density at radius 2 is 2.10 bits per heavy atom. The minimum Gasteiger partial charge on any atom is -0.312 e. The molecule has 1 saturated carbocycles. The quantitative estimate of drug-likeness (QED) is 0.742. The Bertz CT molecular complexity index is 427. The molecule has 1 N–H and O–H groups in total. The van der Waals surface area contributed by atoms with Crippen LogP contribution >= 0.6 is 11.3 Å². The average Bonchev–Trinajstić information content (AvgIpc) is 2.80. The van der Waals surface area contributed by atoms with Crippen molar-refractivity contribution in [2.45, 2.75) is 72.0 Å². The molecule has 0 aromatic carbocycles. The normalized spacial score (nSPS) is 22.9. The summed E-state index contributed by atoms with van der Waals surface area (Å²) in [5.74, 6) is 0.855. The fourth-order valence-corrected chi connectivity index (χ4v) is 4.58. The second-order valence-corrected chi connectivity index (χ2v) is 8.06. The molecule has 1 aliphatic carbocycles. The first-order chi connectivity index (χ1) is 10.1. The van der Waals surface area contributed by atoms with Crippen molar-refractivity contribution >= 4 is 11.3 Å². The van der Waals surface area contributed by atoms with Crippen LogP contribution in [0.4, 0.5) is 0 Å². The molecule has 120 valence electrons. The van der Waals surface area contributed by atoms with E-state index >= 15 is 0 Å². The summed E-state index contributed by atoms with van der Waals surface area (Å²) in [5, 5.41) is 3.51. The van der Waals surface area contributed by atoms with Gasteiger partial charge in [0, 0.05) is 28.9 Å². The van der Waals surface area contributed by atoms with Crippen molar-refractivity contribution in [3.63, 3.8) is 0 Å². The van der Waals surface area contributed by atoms with Gasteiger partial charge < -0.3 is 5.32 Å². The van der Waals surface area contributed by atoms with Crippen molar-refractivity contribution in [3.8, 4) is 0 Å². The third-order valence-electron chi connectivity index (χ3n) is 4.85. The van der Waals surface area contributed by atoms with Gasteiger partial charge in [0.15, 0.2) is 0 Å². The summed E-state index contributed by atoms with van der Waals surface area (Å²) in [4.78, 5) is 5.59. The third kappa shape index (κ3) is 4.80.